The van der Waals surface area contributed by atoms with Crippen LogP contribution in [0.5, 0.6) is 0 Å². The summed E-state index contributed by atoms with van der Waals surface area (Å²) < 4.78 is 2.45. The molecule has 0 bridgehead atoms. The Labute approximate surface area is 92.1 Å². The van der Waals surface area contributed by atoms with Crippen LogP contribution in [0.4, 0.5) is 0 Å². The van der Waals surface area contributed by atoms with E-state index in [0.717, 1.165) is 9.99 Å². The number of halogens is 1. The SMILES string of the molecule is [B]C([B])(O)c1cc2c(Br)cccn2n1. The first-order valence-corrected chi connectivity index (χ1v) is 4.72. The van der Waals surface area contributed by atoms with Crippen LogP contribution in [-0.2, 0) is 5.40 Å². The summed E-state index contributed by atoms with van der Waals surface area (Å²) in [6, 6.07) is 5.32. The van der Waals surface area contributed by atoms with Gasteiger partial charge in [-0.2, -0.15) is 5.10 Å². The summed E-state index contributed by atoms with van der Waals surface area (Å²) >= 11 is 3.35. The molecule has 0 fully saturated rings. The number of aromatic nitrogens is 2. The predicted molar refractivity (Wildman–Crippen MR) is 58.3 cm³/mol. The first-order chi connectivity index (χ1) is 6.48. The van der Waals surface area contributed by atoms with E-state index in [1.165, 1.54) is 0 Å². The van der Waals surface area contributed by atoms with Crippen LogP contribution in [0.3, 0.4) is 0 Å². The van der Waals surface area contributed by atoms with E-state index in [1.54, 1.807) is 16.8 Å². The van der Waals surface area contributed by atoms with Crippen molar-refractivity contribution in [2.45, 2.75) is 5.40 Å². The van der Waals surface area contributed by atoms with Crippen molar-refractivity contribution < 1.29 is 5.11 Å². The van der Waals surface area contributed by atoms with Gasteiger partial charge < -0.3 is 5.11 Å². The Morgan fingerprint density at radius 1 is 1.50 bits per heavy atom. The molecule has 2 heterocycles. The van der Waals surface area contributed by atoms with E-state index in [2.05, 4.69) is 21.0 Å². The van der Waals surface area contributed by atoms with Crippen LogP contribution in [0, 0.1) is 0 Å². The summed E-state index contributed by atoms with van der Waals surface area (Å²) in [4.78, 5) is 0. The van der Waals surface area contributed by atoms with Gasteiger partial charge in [-0.25, -0.2) is 4.52 Å². The molecule has 0 aliphatic heterocycles. The number of rotatable bonds is 1. The van der Waals surface area contributed by atoms with E-state index in [4.69, 9.17) is 15.7 Å². The molecule has 0 aliphatic carbocycles. The molecule has 0 saturated carbocycles. The van der Waals surface area contributed by atoms with Crippen LogP contribution in [0.15, 0.2) is 28.9 Å². The smallest absolute Gasteiger partial charge is 0.108 e. The van der Waals surface area contributed by atoms with Crippen molar-refractivity contribution in [1.29, 1.82) is 0 Å². The van der Waals surface area contributed by atoms with E-state index in [1.807, 2.05) is 12.1 Å². The van der Waals surface area contributed by atoms with Crippen LogP contribution in [0.1, 0.15) is 5.69 Å². The maximum Gasteiger partial charge on any atom is 0.108 e. The van der Waals surface area contributed by atoms with Crippen molar-refractivity contribution in [1.82, 2.24) is 9.61 Å². The highest BCUT2D eigenvalue weighted by molar-refractivity contribution is 9.10. The molecule has 4 radical (unpaired) electrons. The minimum absolute atomic E-state index is 0.226. The summed E-state index contributed by atoms with van der Waals surface area (Å²) in [7, 11) is 10.6. The zero-order chi connectivity index (χ0) is 10.3. The zero-order valence-electron chi connectivity index (χ0n) is 7.18. The molecule has 2 aromatic rings. The maximum absolute atomic E-state index is 9.35. The fraction of sp³-hybridized carbons (Fsp3) is 0.125. The lowest BCUT2D eigenvalue weighted by Gasteiger charge is -2.13. The number of aliphatic hydroxyl groups is 1. The van der Waals surface area contributed by atoms with Gasteiger partial charge in [0, 0.05) is 16.1 Å². The summed E-state index contributed by atoms with van der Waals surface area (Å²) in [5.41, 5.74) is 1.03. The lowest BCUT2D eigenvalue weighted by Crippen LogP contribution is -2.26. The molecule has 1 N–H and O–H groups in total. The fourth-order valence-electron chi connectivity index (χ4n) is 1.18. The molecule has 6 heteroatoms. The third kappa shape index (κ3) is 1.60. The second kappa shape index (κ2) is 3.14. The summed E-state index contributed by atoms with van der Waals surface area (Å²) in [5, 5.41) is 11.5. The zero-order valence-corrected chi connectivity index (χ0v) is 8.77. The summed E-state index contributed by atoms with van der Waals surface area (Å²) in [5.74, 6) is 0. The quantitative estimate of drug-likeness (QED) is 0.746. The maximum atomic E-state index is 9.35. The topological polar surface area (TPSA) is 37.5 Å². The molecule has 2 aromatic heterocycles. The highest BCUT2D eigenvalue weighted by Gasteiger charge is 2.19. The molecule has 0 spiro atoms. The van der Waals surface area contributed by atoms with Crippen LogP contribution in [-0.4, -0.2) is 30.4 Å². The van der Waals surface area contributed by atoms with Crippen molar-refractivity contribution in [3.05, 3.63) is 34.6 Å². The number of hydrogen-bond acceptors (Lipinski definition) is 2. The van der Waals surface area contributed by atoms with Gasteiger partial charge in [0.1, 0.15) is 15.7 Å². The van der Waals surface area contributed by atoms with Gasteiger partial charge in [-0.1, -0.05) is 0 Å². The Balaban J connectivity index is 2.69. The minimum atomic E-state index is -1.90. The molecular formula is C8H5B2BrN2O. The minimum Gasteiger partial charge on any atom is -0.403 e. The Hall–Kier alpha value is -0.740. The number of hydrogen-bond donors (Lipinski definition) is 1. The Morgan fingerprint density at radius 3 is 2.79 bits per heavy atom. The van der Waals surface area contributed by atoms with Gasteiger partial charge in [-0.3, -0.25) is 0 Å². The molecule has 2 rings (SSSR count). The van der Waals surface area contributed by atoms with E-state index in [-0.39, 0.29) is 5.69 Å². The summed E-state index contributed by atoms with van der Waals surface area (Å²) in [6.07, 6.45) is 1.75. The van der Waals surface area contributed by atoms with Crippen molar-refractivity contribution in [2.24, 2.45) is 0 Å². The second-order valence-electron chi connectivity index (χ2n) is 3.04. The van der Waals surface area contributed by atoms with Gasteiger partial charge in [0.2, 0.25) is 0 Å². The first kappa shape index (κ1) is 9.80. The highest BCUT2D eigenvalue weighted by atomic mass is 79.9. The van der Waals surface area contributed by atoms with Gasteiger partial charge in [-0.05, 0) is 34.1 Å². The molecule has 0 aliphatic rings. The molecule has 3 nitrogen and oxygen atoms in total. The van der Waals surface area contributed by atoms with Gasteiger partial charge in [0.25, 0.3) is 0 Å². The van der Waals surface area contributed by atoms with Crippen molar-refractivity contribution in [3.8, 4) is 0 Å². The lowest BCUT2D eigenvalue weighted by molar-refractivity contribution is 0.211. The molecule has 0 saturated heterocycles. The average molecular weight is 247 g/mol. The van der Waals surface area contributed by atoms with Crippen molar-refractivity contribution in [3.63, 3.8) is 0 Å². The Kier molecular flexibility index (Phi) is 2.20. The van der Waals surface area contributed by atoms with Gasteiger partial charge >= 0.3 is 0 Å². The van der Waals surface area contributed by atoms with Crippen LogP contribution >= 0.6 is 15.9 Å². The van der Waals surface area contributed by atoms with E-state index in [0.29, 0.717) is 0 Å². The van der Waals surface area contributed by atoms with Crippen molar-refractivity contribution >= 4 is 37.1 Å². The number of fused-ring (bicyclic) bond motifs is 1. The monoisotopic (exact) mass is 246 g/mol. The lowest BCUT2D eigenvalue weighted by atomic mass is 9.63. The third-order valence-electron chi connectivity index (χ3n) is 1.86. The van der Waals surface area contributed by atoms with Gasteiger partial charge in [-0.15, -0.1) is 0 Å². The Morgan fingerprint density at radius 2 is 2.21 bits per heavy atom. The van der Waals surface area contributed by atoms with E-state index < -0.39 is 5.40 Å². The first-order valence-electron chi connectivity index (χ1n) is 3.93. The number of pyridine rings is 1. The van der Waals surface area contributed by atoms with Crippen LogP contribution in [0.2, 0.25) is 0 Å². The summed E-state index contributed by atoms with van der Waals surface area (Å²) in [6.45, 7) is 0. The predicted octanol–water partition coefficient (Wildman–Crippen LogP) is 0.536. The van der Waals surface area contributed by atoms with Gasteiger partial charge in [0.05, 0.1) is 11.2 Å². The molecule has 0 atom stereocenters. The molecule has 14 heavy (non-hydrogen) atoms. The fourth-order valence-corrected chi connectivity index (χ4v) is 1.63. The molecule has 66 valence electrons. The third-order valence-corrected chi connectivity index (χ3v) is 2.53. The highest BCUT2D eigenvalue weighted by Crippen LogP contribution is 2.21. The van der Waals surface area contributed by atoms with E-state index >= 15 is 0 Å². The number of nitrogens with zero attached hydrogens (tertiary/aromatic N) is 2. The average Bonchev–Trinajstić information content (AvgIpc) is 2.48. The van der Waals surface area contributed by atoms with Gasteiger partial charge in [0.15, 0.2) is 0 Å². The van der Waals surface area contributed by atoms with Crippen molar-refractivity contribution in [2.75, 3.05) is 0 Å². The molecule has 0 amide bonds. The normalized spacial score (nSPS) is 12.1. The van der Waals surface area contributed by atoms with Crippen LogP contribution < -0.4 is 0 Å². The molecule has 0 unspecified atom stereocenters. The molecular weight excluding hydrogens is 242 g/mol. The van der Waals surface area contributed by atoms with Crippen LogP contribution in [0.25, 0.3) is 5.52 Å². The van der Waals surface area contributed by atoms with E-state index in [9.17, 15) is 5.11 Å². The molecule has 0 aromatic carbocycles. The second-order valence-corrected chi connectivity index (χ2v) is 3.90. The largest absolute Gasteiger partial charge is 0.403 e. The standard InChI is InChI=1S/C8H5B2BrN2O/c9-8(10,14)7-4-6-5(11)2-1-3-13(6)12-7/h1-4,14H. The Bertz CT molecular complexity index is 478.